The minimum Gasteiger partial charge on any atom is -0.373 e. The van der Waals surface area contributed by atoms with Gasteiger partial charge in [-0.1, -0.05) is 30.3 Å². The second-order valence-electron chi connectivity index (χ2n) is 6.80. The normalized spacial score (nSPS) is 28.6. The molecule has 23 heavy (non-hydrogen) atoms. The summed E-state index contributed by atoms with van der Waals surface area (Å²) in [7, 11) is 1.99. The molecule has 3 rings (SSSR count). The first-order valence-electron chi connectivity index (χ1n) is 8.89. The van der Waals surface area contributed by atoms with Crippen molar-refractivity contribution in [2.45, 2.75) is 31.8 Å². The van der Waals surface area contributed by atoms with E-state index in [-0.39, 0.29) is 12.0 Å². The minimum absolute atomic E-state index is 0.0283. The molecular formula is C19H28N2O2. The first-order chi connectivity index (χ1) is 11.3. The van der Waals surface area contributed by atoms with Crippen molar-refractivity contribution in [3.05, 3.63) is 35.9 Å². The number of hydrogen-bond donors (Lipinski definition) is 1. The summed E-state index contributed by atoms with van der Waals surface area (Å²) in [5.74, 6) is 0.844. The van der Waals surface area contributed by atoms with Gasteiger partial charge in [-0.2, -0.15) is 0 Å². The molecule has 3 atom stereocenters. The van der Waals surface area contributed by atoms with Crippen molar-refractivity contribution in [1.29, 1.82) is 0 Å². The van der Waals surface area contributed by atoms with Crippen molar-refractivity contribution in [2.75, 3.05) is 33.3 Å². The molecule has 1 aromatic rings. The number of hydrogen-bond acceptors (Lipinski definition) is 3. The zero-order valence-corrected chi connectivity index (χ0v) is 14.0. The van der Waals surface area contributed by atoms with Crippen molar-refractivity contribution in [2.24, 2.45) is 11.8 Å². The molecule has 2 aliphatic rings. The number of piperidine rings is 1. The van der Waals surface area contributed by atoms with E-state index in [4.69, 9.17) is 4.74 Å². The number of carbonyl (C=O) groups excluding carboxylic acids is 1. The first-order valence-corrected chi connectivity index (χ1v) is 8.89. The van der Waals surface area contributed by atoms with Gasteiger partial charge in [0, 0.05) is 19.7 Å². The standard InChI is InChI=1S/C19H28N2O2/c1-20-13-15-7-5-11-21(14-15)19(22)17-10-6-12-23-18(17)16-8-3-2-4-9-16/h2-4,8-9,15,17-18,20H,5-7,10-14H2,1H3. The van der Waals surface area contributed by atoms with Gasteiger partial charge in [0.1, 0.15) is 0 Å². The number of likely N-dealkylation sites (tertiary alicyclic amines) is 1. The number of nitrogens with zero attached hydrogens (tertiary/aromatic N) is 1. The Hall–Kier alpha value is -1.39. The third-order valence-corrected chi connectivity index (χ3v) is 5.09. The van der Waals surface area contributed by atoms with Gasteiger partial charge >= 0.3 is 0 Å². The molecule has 0 radical (unpaired) electrons. The van der Waals surface area contributed by atoms with Crippen LogP contribution in [0.3, 0.4) is 0 Å². The summed E-state index contributed by atoms with van der Waals surface area (Å²) in [6.45, 7) is 3.54. The van der Waals surface area contributed by atoms with E-state index in [1.54, 1.807) is 0 Å². The van der Waals surface area contributed by atoms with Crippen molar-refractivity contribution in [3.63, 3.8) is 0 Å². The van der Waals surface area contributed by atoms with Gasteiger partial charge in [0.2, 0.25) is 5.91 Å². The minimum atomic E-state index is -0.0814. The van der Waals surface area contributed by atoms with Crippen LogP contribution in [0.2, 0.25) is 0 Å². The van der Waals surface area contributed by atoms with E-state index in [0.29, 0.717) is 11.8 Å². The first kappa shape index (κ1) is 16.5. The molecule has 1 N–H and O–H groups in total. The van der Waals surface area contributed by atoms with Gasteiger partial charge in [-0.25, -0.2) is 0 Å². The molecule has 0 aromatic heterocycles. The van der Waals surface area contributed by atoms with Crippen LogP contribution in [0.15, 0.2) is 30.3 Å². The van der Waals surface area contributed by atoms with Crippen LogP contribution >= 0.6 is 0 Å². The van der Waals surface area contributed by atoms with Gasteiger partial charge in [0.05, 0.1) is 12.0 Å². The summed E-state index contributed by atoms with van der Waals surface area (Å²) in [5.41, 5.74) is 1.13. The molecule has 4 heteroatoms. The highest BCUT2D eigenvalue weighted by Gasteiger charge is 2.36. The Labute approximate surface area is 139 Å². The third-order valence-electron chi connectivity index (χ3n) is 5.09. The fraction of sp³-hybridized carbons (Fsp3) is 0.632. The molecule has 0 aliphatic carbocycles. The highest BCUT2D eigenvalue weighted by Crippen LogP contribution is 2.35. The molecule has 3 unspecified atom stereocenters. The molecule has 0 spiro atoms. The second kappa shape index (κ2) is 7.93. The molecule has 1 aromatic carbocycles. The van der Waals surface area contributed by atoms with Gasteiger partial charge in [-0.15, -0.1) is 0 Å². The number of benzene rings is 1. The maximum Gasteiger partial charge on any atom is 0.228 e. The van der Waals surface area contributed by atoms with Crippen LogP contribution in [0.5, 0.6) is 0 Å². The van der Waals surface area contributed by atoms with Crippen LogP contribution < -0.4 is 5.32 Å². The molecule has 2 saturated heterocycles. The Balaban J connectivity index is 1.71. The van der Waals surface area contributed by atoms with Crippen LogP contribution in [-0.4, -0.2) is 44.1 Å². The van der Waals surface area contributed by atoms with Crippen LogP contribution in [0, 0.1) is 11.8 Å². The molecule has 1 amide bonds. The van der Waals surface area contributed by atoms with E-state index in [9.17, 15) is 4.79 Å². The fourth-order valence-corrected chi connectivity index (χ4v) is 3.96. The molecular weight excluding hydrogens is 288 g/mol. The van der Waals surface area contributed by atoms with Crippen molar-refractivity contribution in [3.8, 4) is 0 Å². The van der Waals surface area contributed by atoms with Gasteiger partial charge in [0.15, 0.2) is 0 Å². The highest BCUT2D eigenvalue weighted by atomic mass is 16.5. The zero-order valence-electron chi connectivity index (χ0n) is 14.0. The molecule has 0 bridgehead atoms. The summed E-state index contributed by atoms with van der Waals surface area (Å²) in [5, 5.41) is 3.25. The average Bonchev–Trinajstić information content (AvgIpc) is 2.62. The molecule has 126 valence electrons. The van der Waals surface area contributed by atoms with Gasteiger partial charge < -0.3 is 15.0 Å². The van der Waals surface area contributed by atoms with Gasteiger partial charge in [-0.05, 0) is 50.8 Å². The maximum atomic E-state index is 13.1. The van der Waals surface area contributed by atoms with E-state index < -0.39 is 0 Å². The van der Waals surface area contributed by atoms with E-state index in [1.165, 1.54) is 6.42 Å². The van der Waals surface area contributed by atoms with Crippen molar-refractivity contribution < 1.29 is 9.53 Å². The lowest BCUT2D eigenvalue weighted by Gasteiger charge is -2.38. The predicted octanol–water partition coefficient (Wildman–Crippen LogP) is 2.61. The Morgan fingerprint density at radius 2 is 2.09 bits per heavy atom. The van der Waals surface area contributed by atoms with Crippen LogP contribution in [0.1, 0.15) is 37.4 Å². The smallest absolute Gasteiger partial charge is 0.228 e. The quantitative estimate of drug-likeness (QED) is 0.928. The van der Waals surface area contributed by atoms with Gasteiger partial charge in [-0.3, -0.25) is 4.79 Å². The summed E-state index contributed by atoms with van der Waals surface area (Å²) < 4.78 is 6.00. The summed E-state index contributed by atoms with van der Waals surface area (Å²) in [4.78, 5) is 15.2. The largest absolute Gasteiger partial charge is 0.373 e. The Morgan fingerprint density at radius 3 is 2.87 bits per heavy atom. The molecule has 2 aliphatic heterocycles. The summed E-state index contributed by atoms with van der Waals surface area (Å²) >= 11 is 0. The van der Waals surface area contributed by atoms with Crippen LogP contribution in [0.4, 0.5) is 0 Å². The molecule has 2 fully saturated rings. The van der Waals surface area contributed by atoms with E-state index in [1.807, 2.05) is 25.2 Å². The molecule has 2 heterocycles. The zero-order chi connectivity index (χ0) is 16.1. The number of amides is 1. The Morgan fingerprint density at radius 1 is 1.26 bits per heavy atom. The molecule has 4 nitrogen and oxygen atoms in total. The van der Waals surface area contributed by atoms with Gasteiger partial charge in [0.25, 0.3) is 0 Å². The monoisotopic (exact) mass is 316 g/mol. The number of rotatable bonds is 4. The van der Waals surface area contributed by atoms with Crippen LogP contribution in [-0.2, 0) is 9.53 Å². The number of carbonyl (C=O) groups is 1. The predicted molar refractivity (Wildman–Crippen MR) is 91.1 cm³/mol. The maximum absolute atomic E-state index is 13.1. The average molecular weight is 316 g/mol. The number of nitrogens with one attached hydrogen (secondary N) is 1. The second-order valence-corrected chi connectivity index (χ2v) is 6.80. The van der Waals surface area contributed by atoms with Crippen LogP contribution in [0.25, 0.3) is 0 Å². The number of ether oxygens (including phenoxy) is 1. The van der Waals surface area contributed by atoms with Crippen molar-refractivity contribution >= 4 is 5.91 Å². The fourth-order valence-electron chi connectivity index (χ4n) is 3.96. The van der Waals surface area contributed by atoms with Crippen molar-refractivity contribution in [1.82, 2.24) is 10.2 Å². The highest BCUT2D eigenvalue weighted by molar-refractivity contribution is 5.80. The lowest BCUT2D eigenvalue weighted by atomic mass is 9.87. The van der Waals surface area contributed by atoms with E-state index in [0.717, 1.165) is 51.1 Å². The lowest BCUT2D eigenvalue weighted by molar-refractivity contribution is -0.147. The van der Waals surface area contributed by atoms with E-state index in [2.05, 4.69) is 22.3 Å². The topological polar surface area (TPSA) is 41.6 Å². The van der Waals surface area contributed by atoms with E-state index >= 15 is 0 Å². The Bertz CT molecular complexity index is 503. The SMILES string of the molecule is CNCC1CCCN(C(=O)C2CCCOC2c2ccccc2)C1. The Kier molecular flexibility index (Phi) is 5.68. The third kappa shape index (κ3) is 3.93. The molecule has 0 saturated carbocycles. The summed E-state index contributed by atoms with van der Waals surface area (Å²) in [6, 6.07) is 10.2. The lowest BCUT2D eigenvalue weighted by Crippen LogP contribution is -2.47. The summed E-state index contributed by atoms with van der Waals surface area (Å²) in [6.07, 6.45) is 4.16.